The molecule has 1 amide bonds. The third-order valence-corrected chi connectivity index (χ3v) is 4.98. The molecule has 0 spiro atoms. The summed E-state index contributed by atoms with van der Waals surface area (Å²) in [6.45, 7) is 2.05. The summed E-state index contributed by atoms with van der Waals surface area (Å²) in [4.78, 5) is 14.2. The van der Waals surface area contributed by atoms with Crippen molar-refractivity contribution in [3.63, 3.8) is 0 Å². The van der Waals surface area contributed by atoms with Crippen LogP contribution in [-0.2, 0) is 16.0 Å². The smallest absolute Gasteiger partial charge is 0.239 e. The van der Waals surface area contributed by atoms with Crippen LogP contribution in [0.5, 0.6) is 0 Å². The van der Waals surface area contributed by atoms with Gasteiger partial charge in [0.2, 0.25) is 5.91 Å². The van der Waals surface area contributed by atoms with Gasteiger partial charge >= 0.3 is 0 Å². The first-order chi connectivity index (χ1) is 12.6. The summed E-state index contributed by atoms with van der Waals surface area (Å²) in [6, 6.07) is 11.5. The molecule has 1 fully saturated rings. The van der Waals surface area contributed by atoms with Crippen LogP contribution in [0.3, 0.4) is 0 Å². The highest BCUT2D eigenvalue weighted by molar-refractivity contribution is 5.85. The minimum Gasteiger partial charge on any atom is -0.381 e. The number of likely N-dealkylation sites (N-methyl/N-ethyl adjacent to an activating group) is 1. The summed E-state index contributed by atoms with van der Waals surface area (Å²) in [5.74, 6) is 1.07. The maximum Gasteiger partial charge on any atom is 0.239 e. The Morgan fingerprint density at radius 1 is 1.30 bits per heavy atom. The van der Waals surface area contributed by atoms with Gasteiger partial charge < -0.3 is 19.9 Å². The summed E-state index contributed by atoms with van der Waals surface area (Å²) in [5.41, 5.74) is 8.05. The Bertz CT molecular complexity index is 702. The maximum absolute atomic E-state index is 12.5. The normalized spacial score (nSPS) is 15.8. The third-order valence-electron chi connectivity index (χ3n) is 4.98. The Morgan fingerprint density at radius 2 is 2.00 bits per heavy atom. The van der Waals surface area contributed by atoms with Gasteiger partial charge in [-0.2, -0.15) is 0 Å². The predicted octanol–water partition coefficient (Wildman–Crippen LogP) is 2.91. The Kier molecular flexibility index (Phi) is 8.28. The molecule has 1 saturated heterocycles. The van der Waals surface area contributed by atoms with Gasteiger partial charge in [0.25, 0.3) is 0 Å². The molecule has 1 aromatic heterocycles. The van der Waals surface area contributed by atoms with Crippen LogP contribution >= 0.6 is 12.4 Å². The number of aromatic nitrogens is 1. The zero-order chi connectivity index (χ0) is 18.4. The molecule has 148 valence electrons. The van der Waals surface area contributed by atoms with Crippen LogP contribution in [0.4, 0.5) is 0 Å². The van der Waals surface area contributed by atoms with Crippen molar-refractivity contribution in [2.24, 2.45) is 11.7 Å². The molecule has 1 unspecified atom stereocenters. The highest BCUT2D eigenvalue weighted by Crippen LogP contribution is 2.20. The fourth-order valence-corrected chi connectivity index (χ4v) is 3.31. The Labute approximate surface area is 166 Å². The first kappa shape index (κ1) is 21.4. The molecule has 2 heterocycles. The molecule has 2 aromatic rings. The molecule has 0 radical (unpaired) electrons. The molecule has 1 aliphatic rings. The molecule has 1 atom stereocenters. The van der Waals surface area contributed by atoms with Crippen molar-refractivity contribution in [2.45, 2.75) is 31.7 Å². The van der Waals surface area contributed by atoms with E-state index in [9.17, 15) is 4.79 Å². The van der Waals surface area contributed by atoms with Crippen molar-refractivity contribution < 1.29 is 14.1 Å². The zero-order valence-corrected chi connectivity index (χ0v) is 16.5. The van der Waals surface area contributed by atoms with Gasteiger partial charge in [-0.3, -0.25) is 4.79 Å². The minimum absolute atomic E-state index is 0. The van der Waals surface area contributed by atoms with Crippen LogP contribution in [0.2, 0.25) is 0 Å². The summed E-state index contributed by atoms with van der Waals surface area (Å²) >= 11 is 0. The van der Waals surface area contributed by atoms with Crippen LogP contribution < -0.4 is 5.73 Å². The third kappa shape index (κ3) is 5.79. The van der Waals surface area contributed by atoms with Gasteiger partial charge in [-0.1, -0.05) is 35.5 Å². The first-order valence-corrected chi connectivity index (χ1v) is 9.24. The standard InChI is InChI=1S/C20H27N3O3.ClH/c1-23(20(24)19(21)16-9-12-25-13-10-16)11-5-8-17-14-18(22-26-17)15-6-3-2-4-7-15;/h2-4,6-7,14,16,19H,5,8-13,21H2,1H3;1H. The molecular formula is C20H28ClN3O3. The van der Waals surface area contributed by atoms with E-state index < -0.39 is 6.04 Å². The molecule has 0 bridgehead atoms. The van der Waals surface area contributed by atoms with Gasteiger partial charge in [0, 0.05) is 44.9 Å². The molecule has 0 aliphatic carbocycles. The van der Waals surface area contributed by atoms with E-state index in [0.29, 0.717) is 19.8 Å². The molecule has 0 saturated carbocycles. The van der Waals surface area contributed by atoms with Crippen molar-refractivity contribution in [3.05, 3.63) is 42.2 Å². The van der Waals surface area contributed by atoms with Crippen LogP contribution in [0.15, 0.2) is 40.9 Å². The van der Waals surface area contributed by atoms with Gasteiger partial charge in [0.05, 0.1) is 6.04 Å². The molecule has 27 heavy (non-hydrogen) atoms. The second kappa shape index (κ2) is 10.4. The minimum atomic E-state index is -0.432. The van der Waals surface area contributed by atoms with E-state index >= 15 is 0 Å². The molecule has 2 N–H and O–H groups in total. The monoisotopic (exact) mass is 393 g/mol. The quantitative estimate of drug-likeness (QED) is 0.782. The number of benzene rings is 1. The lowest BCUT2D eigenvalue weighted by molar-refractivity contribution is -0.133. The van der Waals surface area contributed by atoms with Crippen LogP contribution in [0.25, 0.3) is 11.3 Å². The van der Waals surface area contributed by atoms with E-state index in [2.05, 4.69) is 5.16 Å². The lowest BCUT2D eigenvalue weighted by Crippen LogP contribution is -2.48. The number of nitrogens with zero attached hydrogens (tertiary/aromatic N) is 2. The topological polar surface area (TPSA) is 81.6 Å². The lowest BCUT2D eigenvalue weighted by atomic mass is 9.91. The Hall–Kier alpha value is -1.89. The molecule has 3 rings (SSSR count). The maximum atomic E-state index is 12.5. The predicted molar refractivity (Wildman–Crippen MR) is 107 cm³/mol. The van der Waals surface area contributed by atoms with E-state index in [-0.39, 0.29) is 24.2 Å². The highest BCUT2D eigenvalue weighted by atomic mass is 35.5. The van der Waals surface area contributed by atoms with E-state index in [1.165, 1.54) is 0 Å². The van der Waals surface area contributed by atoms with Gasteiger partial charge in [-0.05, 0) is 25.2 Å². The molecule has 6 nitrogen and oxygen atoms in total. The number of nitrogens with two attached hydrogens (primary N) is 1. The summed E-state index contributed by atoms with van der Waals surface area (Å²) in [6.07, 6.45) is 3.28. The summed E-state index contributed by atoms with van der Waals surface area (Å²) in [5, 5.41) is 4.12. The van der Waals surface area contributed by atoms with E-state index in [1.54, 1.807) is 4.90 Å². The van der Waals surface area contributed by atoms with Gasteiger partial charge in [0.15, 0.2) is 0 Å². The Morgan fingerprint density at radius 3 is 2.70 bits per heavy atom. The number of hydrogen-bond donors (Lipinski definition) is 1. The van der Waals surface area contributed by atoms with Gasteiger partial charge in [-0.25, -0.2) is 0 Å². The SMILES string of the molecule is CN(CCCc1cc(-c2ccccc2)no1)C(=O)C(N)C1CCOCC1.Cl. The van der Waals surface area contributed by atoms with Crippen molar-refractivity contribution in [3.8, 4) is 11.3 Å². The molecular weight excluding hydrogens is 366 g/mol. The fraction of sp³-hybridized carbons (Fsp3) is 0.500. The second-order valence-electron chi connectivity index (χ2n) is 6.88. The number of aryl methyl sites for hydroxylation is 1. The fourth-order valence-electron chi connectivity index (χ4n) is 3.31. The second-order valence-corrected chi connectivity index (χ2v) is 6.88. The number of halogens is 1. The molecule has 1 aromatic carbocycles. The van der Waals surface area contributed by atoms with Crippen LogP contribution in [0.1, 0.15) is 25.0 Å². The van der Waals surface area contributed by atoms with Gasteiger partial charge in [0.1, 0.15) is 11.5 Å². The first-order valence-electron chi connectivity index (χ1n) is 9.24. The van der Waals surface area contributed by atoms with Crippen molar-refractivity contribution in [1.82, 2.24) is 10.1 Å². The molecule has 1 aliphatic heterocycles. The van der Waals surface area contributed by atoms with Crippen LogP contribution in [0, 0.1) is 5.92 Å². The van der Waals surface area contributed by atoms with E-state index in [0.717, 1.165) is 42.7 Å². The average molecular weight is 394 g/mol. The van der Waals surface area contributed by atoms with Crippen molar-refractivity contribution in [2.75, 3.05) is 26.8 Å². The largest absolute Gasteiger partial charge is 0.381 e. The number of carbonyl (C=O) groups excluding carboxylic acids is 1. The van der Waals surface area contributed by atoms with Crippen molar-refractivity contribution in [1.29, 1.82) is 0 Å². The van der Waals surface area contributed by atoms with E-state index in [4.69, 9.17) is 15.0 Å². The number of ether oxygens (including phenoxy) is 1. The Balaban J connectivity index is 0.00000261. The zero-order valence-electron chi connectivity index (χ0n) is 15.7. The molecule has 7 heteroatoms. The van der Waals surface area contributed by atoms with Crippen LogP contribution in [-0.4, -0.2) is 48.8 Å². The van der Waals surface area contributed by atoms with Crippen molar-refractivity contribution >= 4 is 18.3 Å². The average Bonchev–Trinajstić information content (AvgIpc) is 3.17. The summed E-state index contributed by atoms with van der Waals surface area (Å²) < 4.78 is 10.8. The number of amides is 1. The lowest BCUT2D eigenvalue weighted by Gasteiger charge is -2.29. The number of carbonyl (C=O) groups is 1. The number of rotatable bonds is 7. The van der Waals surface area contributed by atoms with Gasteiger partial charge in [-0.15, -0.1) is 12.4 Å². The summed E-state index contributed by atoms with van der Waals surface area (Å²) in [7, 11) is 1.82. The van der Waals surface area contributed by atoms with E-state index in [1.807, 2.05) is 43.4 Å². The number of hydrogen-bond acceptors (Lipinski definition) is 5. The highest BCUT2D eigenvalue weighted by Gasteiger charge is 2.28.